The van der Waals surface area contributed by atoms with Crippen LogP contribution in [0.5, 0.6) is 0 Å². The molecule has 7 heteroatoms. The molecule has 0 saturated carbocycles. The largest absolute Gasteiger partial charge is 0.364 e. The van der Waals surface area contributed by atoms with Gasteiger partial charge >= 0.3 is 0 Å². The van der Waals surface area contributed by atoms with Gasteiger partial charge in [-0.15, -0.1) is 24.0 Å². The van der Waals surface area contributed by atoms with E-state index in [0.29, 0.717) is 6.54 Å². The third-order valence-electron chi connectivity index (χ3n) is 5.11. The van der Waals surface area contributed by atoms with Gasteiger partial charge in [-0.05, 0) is 29.3 Å². The van der Waals surface area contributed by atoms with E-state index in [1.165, 1.54) is 16.3 Å². The molecule has 2 aromatic carbocycles. The van der Waals surface area contributed by atoms with Crippen LogP contribution in [0.4, 0.5) is 0 Å². The number of piperazine rings is 1. The predicted molar refractivity (Wildman–Crippen MR) is 128 cm³/mol. The fourth-order valence-electron chi connectivity index (χ4n) is 3.60. The van der Waals surface area contributed by atoms with Crippen molar-refractivity contribution in [3.63, 3.8) is 0 Å². The smallest absolute Gasteiger partial charge is 0.194 e. The lowest BCUT2D eigenvalue weighted by molar-refractivity contribution is 0.169. The lowest BCUT2D eigenvalue weighted by Gasteiger charge is -2.36. The number of rotatable bonds is 5. The minimum Gasteiger partial charge on any atom is -0.364 e. The molecule has 3 aromatic rings. The van der Waals surface area contributed by atoms with Gasteiger partial charge in [-0.1, -0.05) is 41.6 Å². The summed E-state index contributed by atoms with van der Waals surface area (Å²) in [7, 11) is 0. The molecule has 0 amide bonds. The summed E-state index contributed by atoms with van der Waals surface area (Å²) < 4.78 is 4.93. The van der Waals surface area contributed by atoms with E-state index in [0.717, 1.165) is 50.9 Å². The number of hydrogen-bond donors (Lipinski definition) is 1. The van der Waals surface area contributed by atoms with E-state index >= 15 is 0 Å². The fraction of sp³-hybridized carbons (Fsp3) is 0.364. The lowest BCUT2D eigenvalue weighted by Crippen LogP contribution is -2.52. The number of halogens is 1. The van der Waals surface area contributed by atoms with Crippen molar-refractivity contribution >= 4 is 40.7 Å². The summed E-state index contributed by atoms with van der Waals surface area (Å²) in [5.74, 6) is 0.997. The van der Waals surface area contributed by atoms with Crippen molar-refractivity contribution in [2.45, 2.75) is 20.0 Å². The van der Waals surface area contributed by atoms with Crippen LogP contribution in [0.25, 0.3) is 10.8 Å². The molecular weight excluding hydrogens is 477 g/mol. The van der Waals surface area contributed by atoms with Crippen LogP contribution in [0.1, 0.15) is 18.2 Å². The Morgan fingerprint density at radius 3 is 2.59 bits per heavy atom. The second-order valence-corrected chi connectivity index (χ2v) is 7.11. The Kier molecular flexibility index (Phi) is 7.88. The van der Waals surface area contributed by atoms with Crippen LogP contribution in [0.3, 0.4) is 0 Å². The molecule has 0 bridgehead atoms. The van der Waals surface area contributed by atoms with Gasteiger partial charge in [0.2, 0.25) is 0 Å². The molecular formula is C22H28IN5O. The lowest BCUT2D eigenvalue weighted by atomic mass is 10.1. The highest BCUT2D eigenvalue weighted by Gasteiger charge is 2.20. The van der Waals surface area contributed by atoms with Gasteiger partial charge in [0.25, 0.3) is 0 Å². The summed E-state index contributed by atoms with van der Waals surface area (Å²) in [6.45, 7) is 8.42. The van der Waals surface area contributed by atoms with Crippen LogP contribution in [0.2, 0.25) is 0 Å². The molecule has 0 atom stereocenters. The Morgan fingerprint density at radius 1 is 1.07 bits per heavy atom. The predicted octanol–water partition coefficient (Wildman–Crippen LogP) is 3.73. The highest BCUT2D eigenvalue weighted by molar-refractivity contribution is 14.0. The molecule has 0 spiro atoms. The average Bonchev–Trinajstić information content (AvgIpc) is 3.25. The number of nitrogens with one attached hydrogen (secondary N) is 1. The van der Waals surface area contributed by atoms with Crippen LogP contribution in [0.15, 0.2) is 64.3 Å². The van der Waals surface area contributed by atoms with Gasteiger partial charge in [-0.25, -0.2) is 4.99 Å². The normalized spacial score (nSPS) is 15.3. The molecule has 29 heavy (non-hydrogen) atoms. The molecule has 0 radical (unpaired) electrons. The first-order valence-corrected chi connectivity index (χ1v) is 9.94. The summed E-state index contributed by atoms with van der Waals surface area (Å²) in [5.41, 5.74) is 2.23. The molecule has 4 rings (SSSR count). The first-order valence-electron chi connectivity index (χ1n) is 9.94. The summed E-state index contributed by atoms with van der Waals surface area (Å²) >= 11 is 0. The minimum atomic E-state index is 0. The Balaban J connectivity index is 0.00000240. The van der Waals surface area contributed by atoms with Gasteiger partial charge in [0, 0.05) is 45.3 Å². The van der Waals surface area contributed by atoms with Crippen molar-refractivity contribution in [2.24, 2.45) is 4.99 Å². The Morgan fingerprint density at radius 2 is 1.86 bits per heavy atom. The summed E-state index contributed by atoms with van der Waals surface area (Å²) in [6.07, 6.45) is 1.63. The van der Waals surface area contributed by atoms with Crippen molar-refractivity contribution in [3.05, 3.63) is 66.1 Å². The number of hydrogen-bond acceptors (Lipinski definition) is 4. The zero-order chi connectivity index (χ0) is 19.2. The van der Waals surface area contributed by atoms with E-state index in [-0.39, 0.29) is 24.0 Å². The highest BCUT2D eigenvalue weighted by Crippen LogP contribution is 2.16. The first kappa shape index (κ1) is 21.6. The van der Waals surface area contributed by atoms with Crippen LogP contribution in [-0.4, -0.2) is 53.6 Å². The number of guanidine groups is 1. The molecule has 2 heterocycles. The number of benzene rings is 2. The van der Waals surface area contributed by atoms with Gasteiger partial charge in [0.15, 0.2) is 5.96 Å². The maximum Gasteiger partial charge on any atom is 0.194 e. The van der Waals surface area contributed by atoms with Crippen LogP contribution < -0.4 is 5.32 Å². The third kappa shape index (κ3) is 5.70. The summed E-state index contributed by atoms with van der Waals surface area (Å²) in [5, 5.41) is 10.00. The van der Waals surface area contributed by atoms with Crippen molar-refractivity contribution in [1.29, 1.82) is 0 Å². The highest BCUT2D eigenvalue weighted by atomic mass is 127. The van der Waals surface area contributed by atoms with E-state index in [9.17, 15) is 0 Å². The van der Waals surface area contributed by atoms with Crippen LogP contribution in [-0.2, 0) is 13.1 Å². The second-order valence-electron chi connectivity index (χ2n) is 7.11. The monoisotopic (exact) mass is 505 g/mol. The van der Waals surface area contributed by atoms with Crippen LogP contribution >= 0.6 is 24.0 Å². The molecule has 1 saturated heterocycles. The van der Waals surface area contributed by atoms with Gasteiger partial charge in [-0.2, -0.15) is 0 Å². The van der Waals surface area contributed by atoms with Gasteiger partial charge in [0.1, 0.15) is 6.26 Å². The molecule has 1 aliphatic heterocycles. The zero-order valence-corrected chi connectivity index (χ0v) is 19.1. The van der Waals surface area contributed by atoms with Crippen molar-refractivity contribution in [1.82, 2.24) is 20.3 Å². The van der Waals surface area contributed by atoms with E-state index in [2.05, 4.69) is 69.7 Å². The SMILES string of the molecule is CCNC(=NCc1ccc2ccccc2c1)N1CCN(Cc2ccon2)CC1.I. The van der Waals surface area contributed by atoms with E-state index in [1.807, 2.05) is 6.07 Å². The molecule has 1 N–H and O–H groups in total. The van der Waals surface area contributed by atoms with Crippen LogP contribution in [0, 0.1) is 0 Å². The Hall–Kier alpha value is -2.13. The van der Waals surface area contributed by atoms with Crippen molar-refractivity contribution in [2.75, 3.05) is 32.7 Å². The van der Waals surface area contributed by atoms with E-state index in [4.69, 9.17) is 9.52 Å². The van der Waals surface area contributed by atoms with Gasteiger partial charge < -0.3 is 14.7 Å². The number of nitrogens with zero attached hydrogens (tertiary/aromatic N) is 4. The third-order valence-corrected chi connectivity index (χ3v) is 5.11. The standard InChI is InChI=1S/C22H27N5O.HI/c1-2-23-22(24-16-18-7-8-19-5-3-4-6-20(19)15-18)27-12-10-26(11-13-27)17-21-9-14-28-25-21;/h3-9,14-15H,2,10-13,16-17H2,1H3,(H,23,24);1H. The van der Waals surface area contributed by atoms with Crippen molar-refractivity contribution in [3.8, 4) is 0 Å². The maximum atomic E-state index is 4.93. The zero-order valence-electron chi connectivity index (χ0n) is 16.8. The Labute approximate surface area is 189 Å². The molecule has 1 aromatic heterocycles. The topological polar surface area (TPSA) is 56.9 Å². The van der Waals surface area contributed by atoms with Gasteiger partial charge in [-0.3, -0.25) is 4.90 Å². The van der Waals surface area contributed by atoms with Gasteiger partial charge in [0.05, 0.1) is 12.2 Å². The molecule has 1 aliphatic rings. The quantitative estimate of drug-likeness (QED) is 0.326. The molecule has 6 nitrogen and oxygen atoms in total. The number of aromatic nitrogens is 1. The average molecular weight is 505 g/mol. The second kappa shape index (κ2) is 10.6. The van der Waals surface area contributed by atoms with E-state index in [1.54, 1.807) is 6.26 Å². The summed E-state index contributed by atoms with van der Waals surface area (Å²) in [4.78, 5) is 9.66. The molecule has 0 unspecified atom stereocenters. The molecule has 154 valence electrons. The number of aliphatic imine (C=N–C) groups is 1. The van der Waals surface area contributed by atoms with Crippen molar-refractivity contribution < 1.29 is 4.52 Å². The van der Waals surface area contributed by atoms with E-state index < -0.39 is 0 Å². The minimum absolute atomic E-state index is 0. The molecule has 1 fully saturated rings. The molecule has 0 aliphatic carbocycles. The fourth-order valence-corrected chi connectivity index (χ4v) is 3.60. The summed E-state index contributed by atoms with van der Waals surface area (Å²) in [6, 6.07) is 17.0. The maximum absolute atomic E-state index is 4.93. The number of fused-ring (bicyclic) bond motifs is 1. The Bertz CT molecular complexity index is 920. The first-order chi connectivity index (χ1) is 13.8.